The quantitative estimate of drug-likeness (QED) is 0.866. The Bertz CT molecular complexity index is 904. The number of rotatable bonds is 4. The van der Waals surface area contributed by atoms with Crippen molar-refractivity contribution in [1.82, 2.24) is 5.32 Å². The zero-order chi connectivity index (χ0) is 20.4. The van der Waals surface area contributed by atoms with E-state index >= 15 is 0 Å². The van der Waals surface area contributed by atoms with Crippen LogP contribution in [0.2, 0.25) is 0 Å². The maximum Gasteiger partial charge on any atom is 0.251 e. The van der Waals surface area contributed by atoms with Crippen LogP contribution in [0, 0.1) is 31.4 Å². The molecule has 1 saturated heterocycles. The van der Waals surface area contributed by atoms with Crippen molar-refractivity contribution in [2.24, 2.45) is 5.92 Å². The Labute approximate surface area is 163 Å². The summed E-state index contributed by atoms with van der Waals surface area (Å²) in [5, 5.41) is 2.61. The molecule has 28 heavy (non-hydrogen) atoms. The number of anilines is 1. The van der Waals surface area contributed by atoms with E-state index in [-0.39, 0.29) is 17.7 Å². The maximum atomic E-state index is 14.0. The van der Waals surface area contributed by atoms with E-state index < -0.39 is 11.6 Å². The highest BCUT2D eigenvalue weighted by Gasteiger charge is 2.29. The van der Waals surface area contributed by atoms with Crippen LogP contribution in [-0.4, -0.2) is 25.4 Å². The summed E-state index contributed by atoms with van der Waals surface area (Å²) in [6, 6.07) is 7.18. The second kappa shape index (κ2) is 8.09. The molecule has 0 saturated carbocycles. The molecule has 1 aliphatic heterocycles. The van der Waals surface area contributed by atoms with Crippen LogP contribution in [0.4, 0.5) is 14.5 Å². The highest BCUT2D eigenvalue weighted by atomic mass is 19.1. The van der Waals surface area contributed by atoms with Gasteiger partial charge >= 0.3 is 0 Å². The summed E-state index contributed by atoms with van der Waals surface area (Å²) in [5.74, 6) is -1.22. The molecule has 0 aliphatic carbocycles. The number of carbonyl (C=O) groups is 2. The average molecular weight is 386 g/mol. The van der Waals surface area contributed by atoms with E-state index in [9.17, 15) is 18.4 Å². The van der Waals surface area contributed by atoms with Crippen LogP contribution in [0.25, 0.3) is 0 Å². The third-order valence-electron chi connectivity index (χ3n) is 5.28. The molecule has 148 valence electrons. The first kappa shape index (κ1) is 20.0. The smallest absolute Gasteiger partial charge is 0.251 e. The third kappa shape index (κ3) is 4.06. The molecular formula is C22H24F2N2O2. The van der Waals surface area contributed by atoms with Gasteiger partial charge in [0.05, 0.1) is 0 Å². The van der Waals surface area contributed by atoms with Gasteiger partial charge < -0.3 is 10.2 Å². The van der Waals surface area contributed by atoms with E-state index in [2.05, 4.69) is 5.32 Å². The highest BCUT2D eigenvalue weighted by molar-refractivity contribution is 5.98. The van der Waals surface area contributed by atoms with Crippen LogP contribution in [0.3, 0.4) is 0 Å². The minimum absolute atomic E-state index is 0.0229. The Morgan fingerprint density at radius 2 is 1.86 bits per heavy atom. The lowest BCUT2D eigenvalue weighted by Crippen LogP contribution is -2.41. The Balaban J connectivity index is 1.85. The second-order valence-corrected chi connectivity index (χ2v) is 7.39. The van der Waals surface area contributed by atoms with Crippen molar-refractivity contribution in [1.29, 1.82) is 0 Å². The Morgan fingerprint density at radius 1 is 1.18 bits per heavy atom. The first-order valence-corrected chi connectivity index (χ1v) is 9.37. The van der Waals surface area contributed by atoms with Crippen molar-refractivity contribution in [2.75, 3.05) is 18.5 Å². The molecule has 4 nitrogen and oxygen atoms in total. The molecule has 1 aliphatic rings. The number of hydrogen-bond donors (Lipinski definition) is 1. The van der Waals surface area contributed by atoms with Crippen molar-refractivity contribution >= 4 is 17.5 Å². The van der Waals surface area contributed by atoms with E-state index in [0.717, 1.165) is 22.9 Å². The second-order valence-electron chi connectivity index (χ2n) is 7.39. The fourth-order valence-electron chi connectivity index (χ4n) is 3.95. The molecule has 1 fully saturated rings. The summed E-state index contributed by atoms with van der Waals surface area (Å²) in [6.07, 6.45) is 1.49. The Morgan fingerprint density at radius 3 is 2.46 bits per heavy atom. The lowest BCUT2D eigenvalue weighted by Gasteiger charge is -2.35. The van der Waals surface area contributed by atoms with E-state index in [1.165, 1.54) is 12.1 Å². The van der Waals surface area contributed by atoms with Crippen LogP contribution >= 0.6 is 0 Å². The van der Waals surface area contributed by atoms with Gasteiger partial charge in [-0.2, -0.15) is 0 Å². The van der Waals surface area contributed by atoms with Crippen molar-refractivity contribution in [3.05, 3.63) is 64.2 Å². The third-order valence-corrected chi connectivity index (χ3v) is 5.28. The monoisotopic (exact) mass is 386 g/mol. The number of amides is 2. The number of carbonyl (C=O) groups excluding carboxylic acids is 2. The number of piperidine rings is 1. The molecule has 0 spiro atoms. The zero-order valence-electron chi connectivity index (χ0n) is 16.3. The van der Waals surface area contributed by atoms with Crippen LogP contribution in [0.15, 0.2) is 30.3 Å². The van der Waals surface area contributed by atoms with Crippen molar-refractivity contribution < 1.29 is 18.4 Å². The summed E-state index contributed by atoms with van der Waals surface area (Å²) >= 11 is 0. The zero-order valence-corrected chi connectivity index (χ0v) is 16.3. The minimum Gasteiger partial charge on any atom is -0.355 e. The van der Waals surface area contributed by atoms with Gasteiger partial charge in [-0.15, -0.1) is 0 Å². The number of aryl methyl sites for hydroxylation is 2. The molecule has 1 atom stereocenters. The van der Waals surface area contributed by atoms with Crippen molar-refractivity contribution in [2.45, 2.75) is 33.1 Å². The minimum atomic E-state index is -0.593. The number of benzene rings is 2. The van der Waals surface area contributed by atoms with Crippen LogP contribution in [0.1, 0.15) is 39.9 Å². The lowest BCUT2D eigenvalue weighted by atomic mass is 9.89. The molecule has 3 rings (SSSR count). The number of nitrogens with one attached hydrogen (secondary N) is 1. The SMILES string of the molecule is CNC(=O)c1cc(C)c(N2CC(Cc3ccc(F)cc3F)CCC2=O)c(C)c1. The fraction of sp³-hybridized carbons (Fsp3) is 0.364. The summed E-state index contributed by atoms with van der Waals surface area (Å²) in [6.45, 7) is 4.23. The number of hydrogen-bond acceptors (Lipinski definition) is 2. The van der Waals surface area contributed by atoms with Crippen LogP contribution in [-0.2, 0) is 11.2 Å². The first-order valence-electron chi connectivity index (χ1n) is 9.37. The predicted molar refractivity (Wildman–Crippen MR) is 104 cm³/mol. The molecule has 1 unspecified atom stereocenters. The van der Waals surface area contributed by atoms with Gasteiger partial charge in [-0.25, -0.2) is 8.78 Å². The molecule has 2 amide bonds. The lowest BCUT2D eigenvalue weighted by molar-refractivity contribution is -0.120. The van der Waals surface area contributed by atoms with Crippen molar-refractivity contribution in [3.63, 3.8) is 0 Å². The van der Waals surface area contributed by atoms with Gasteiger partial charge in [-0.1, -0.05) is 6.07 Å². The molecular weight excluding hydrogens is 362 g/mol. The fourth-order valence-corrected chi connectivity index (χ4v) is 3.95. The van der Waals surface area contributed by atoms with Gasteiger partial charge in [0.25, 0.3) is 5.91 Å². The summed E-state index contributed by atoms with van der Waals surface area (Å²) < 4.78 is 27.2. The number of nitrogens with zero attached hydrogens (tertiary/aromatic N) is 1. The van der Waals surface area contributed by atoms with Gasteiger partial charge in [0.1, 0.15) is 11.6 Å². The molecule has 2 aromatic rings. The van der Waals surface area contributed by atoms with E-state index in [4.69, 9.17) is 0 Å². The van der Waals surface area contributed by atoms with Gasteiger partial charge in [0.15, 0.2) is 0 Å². The summed E-state index contributed by atoms with van der Waals surface area (Å²) in [5.41, 5.74) is 3.52. The van der Waals surface area contributed by atoms with Gasteiger partial charge in [-0.05, 0) is 67.5 Å². The molecule has 0 radical (unpaired) electrons. The predicted octanol–water partition coefficient (Wildman–Crippen LogP) is 3.93. The largest absolute Gasteiger partial charge is 0.355 e. The molecule has 0 bridgehead atoms. The first-order chi connectivity index (χ1) is 13.3. The average Bonchev–Trinajstić information content (AvgIpc) is 2.65. The van der Waals surface area contributed by atoms with E-state index in [1.54, 1.807) is 24.1 Å². The molecule has 1 heterocycles. The van der Waals surface area contributed by atoms with Gasteiger partial charge in [0, 0.05) is 37.3 Å². The molecule has 2 aromatic carbocycles. The Hall–Kier alpha value is -2.76. The van der Waals surface area contributed by atoms with E-state index in [0.29, 0.717) is 36.9 Å². The Kier molecular flexibility index (Phi) is 5.77. The van der Waals surface area contributed by atoms with E-state index in [1.807, 2.05) is 13.8 Å². The molecule has 6 heteroatoms. The summed E-state index contributed by atoms with van der Waals surface area (Å²) in [4.78, 5) is 26.3. The number of halogens is 2. The van der Waals surface area contributed by atoms with Crippen LogP contribution in [0.5, 0.6) is 0 Å². The maximum absolute atomic E-state index is 14.0. The standard InChI is InChI=1S/C22H24F2N2O2/c1-13-8-17(22(28)25-3)9-14(2)21(13)26-12-15(4-7-20(26)27)10-16-5-6-18(23)11-19(16)24/h5-6,8-9,11,15H,4,7,10,12H2,1-3H3,(H,25,28). The summed E-state index contributed by atoms with van der Waals surface area (Å²) in [7, 11) is 1.58. The van der Waals surface area contributed by atoms with Gasteiger partial charge in [-0.3, -0.25) is 9.59 Å². The van der Waals surface area contributed by atoms with Crippen molar-refractivity contribution in [3.8, 4) is 0 Å². The molecule has 1 N–H and O–H groups in total. The molecule has 0 aromatic heterocycles. The normalized spacial score (nSPS) is 17.0. The topological polar surface area (TPSA) is 49.4 Å². The van der Waals surface area contributed by atoms with Gasteiger partial charge in [0.2, 0.25) is 5.91 Å². The van der Waals surface area contributed by atoms with Crippen LogP contribution < -0.4 is 10.2 Å². The highest BCUT2D eigenvalue weighted by Crippen LogP contribution is 2.32.